The van der Waals surface area contributed by atoms with E-state index in [1.807, 2.05) is 5.92 Å². The molecule has 0 aliphatic heterocycles. The zero-order valence-corrected chi connectivity index (χ0v) is 14.5. The van der Waals surface area contributed by atoms with E-state index in [9.17, 15) is 15.0 Å². The van der Waals surface area contributed by atoms with E-state index in [0.29, 0.717) is 23.5 Å². The summed E-state index contributed by atoms with van der Waals surface area (Å²) in [6.07, 6.45) is 10.7. The molecule has 1 aromatic rings. The van der Waals surface area contributed by atoms with Crippen molar-refractivity contribution in [1.29, 1.82) is 0 Å². The van der Waals surface area contributed by atoms with Crippen molar-refractivity contribution in [2.45, 2.75) is 57.5 Å². The Kier molecular flexibility index (Phi) is 3.81. The third-order valence-electron chi connectivity index (χ3n) is 7.04. The molecule has 0 radical (unpaired) electrons. The van der Waals surface area contributed by atoms with Crippen molar-refractivity contribution in [3.63, 3.8) is 0 Å². The fourth-order valence-electron chi connectivity index (χ4n) is 5.85. The van der Waals surface area contributed by atoms with Gasteiger partial charge in [-0.25, -0.2) is 4.79 Å². The van der Waals surface area contributed by atoms with Crippen LogP contribution in [0.4, 0.5) is 0 Å². The summed E-state index contributed by atoms with van der Waals surface area (Å²) in [5.41, 5.74) is 2.11. The van der Waals surface area contributed by atoms with Crippen LogP contribution in [0.2, 0.25) is 0 Å². The van der Waals surface area contributed by atoms with Gasteiger partial charge in [0.1, 0.15) is 11.5 Å². The maximum atomic E-state index is 11.6. The van der Waals surface area contributed by atoms with Crippen molar-refractivity contribution >= 4 is 5.97 Å². The van der Waals surface area contributed by atoms with E-state index in [4.69, 9.17) is 11.2 Å². The molecule has 0 unspecified atom stereocenters. The highest BCUT2D eigenvalue weighted by Gasteiger charge is 2.54. The molecule has 3 aliphatic rings. The Morgan fingerprint density at radius 3 is 2.88 bits per heavy atom. The lowest BCUT2D eigenvalue weighted by Crippen LogP contribution is -2.44. The van der Waals surface area contributed by atoms with Crippen molar-refractivity contribution in [3.05, 3.63) is 23.3 Å². The summed E-state index contributed by atoms with van der Waals surface area (Å²) >= 11 is 0. The molecule has 2 N–H and O–H groups in total. The second-order valence-electron chi connectivity index (χ2n) is 8.10. The highest BCUT2D eigenvalue weighted by molar-refractivity contribution is 5.89. The molecule has 0 heterocycles. The standard InChI is InChI=1S/C21H24O4/c1-3-19(24)25-17-11-13(22)10-12-4-5-14-15(20(12)17)8-9-21(2)16(14)6-7-18(21)23/h1,10-11,14-16,18,22-23H,4-9H2,2H3/t14-,15-,16-,18-,21-/m0/s1. The number of rotatable bonds is 1. The van der Waals surface area contributed by atoms with Gasteiger partial charge in [0.2, 0.25) is 0 Å². The lowest BCUT2D eigenvalue weighted by Gasteiger charge is -2.50. The van der Waals surface area contributed by atoms with E-state index in [-0.39, 0.29) is 17.3 Å². The molecule has 3 aliphatic carbocycles. The lowest BCUT2D eigenvalue weighted by molar-refractivity contribution is -0.128. The first kappa shape index (κ1) is 16.5. The number of terminal acetylenes is 1. The van der Waals surface area contributed by atoms with Gasteiger partial charge in [-0.15, -0.1) is 6.42 Å². The maximum absolute atomic E-state index is 11.6. The number of fused-ring (bicyclic) bond motifs is 5. The Labute approximate surface area is 148 Å². The number of phenolic OH excluding ortho intramolecular Hbond substituents is 1. The molecule has 0 aromatic heterocycles. The van der Waals surface area contributed by atoms with Crippen LogP contribution in [-0.4, -0.2) is 22.3 Å². The van der Waals surface area contributed by atoms with E-state index in [1.54, 1.807) is 6.07 Å². The fraction of sp³-hybridized carbons (Fsp3) is 0.571. The predicted molar refractivity (Wildman–Crippen MR) is 93.2 cm³/mol. The highest BCUT2D eigenvalue weighted by atomic mass is 16.5. The molecule has 5 atom stereocenters. The first-order valence-electron chi connectivity index (χ1n) is 9.16. The molecule has 4 rings (SSSR count). The van der Waals surface area contributed by atoms with Gasteiger partial charge in [0, 0.05) is 17.6 Å². The number of carbonyl (C=O) groups excluding carboxylic acids is 1. The lowest BCUT2D eigenvalue weighted by atomic mass is 9.55. The number of aliphatic hydroxyl groups is 1. The van der Waals surface area contributed by atoms with Crippen LogP contribution in [0, 0.1) is 29.6 Å². The quantitative estimate of drug-likeness (QED) is 0.357. The van der Waals surface area contributed by atoms with E-state index >= 15 is 0 Å². The Morgan fingerprint density at radius 1 is 1.32 bits per heavy atom. The van der Waals surface area contributed by atoms with Gasteiger partial charge in [0.15, 0.2) is 0 Å². The van der Waals surface area contributed by atoms with Gasteiger partial charge >= 0.3 is 5.97 Å². The summed E-state index contributed by atoms with van der Waals surface area (Å²) < 4.78 is 5.36. The summed E-state index contributed by atoms with van der Waals surface area (Å²) in [6, 6.07) is 3.30. The average Bonchev–Trinajstić information content (AvgIpc) is 2.89. The predicted octanol–water partition coefficient (Wildman–Crippen LogP) is 3.15. The van der Waals surface area contributed by atoms with Crippen LogP contribution < -0.4 is 4.74 Å². The average molecular weight is 340 g/mol. The largest absolute Gasteiger partial charge is 0.508 e. The summed E-state index contributed by atoms with van der Waals surface area (Å²) in [5.74, 6) is 3.05. The van der Waals surface area contributed by atoms with Gasteiger partial charge in [0.25, 0.3) is 0 Å². The SMILES string of the molecule is C#CC(=O)Oc1cc(O)cc2c1[C@H]1CC[C@]3(C)[C@@H](O)CC[C@H]3[C@H]1CC2. The number of aromatic hydroxyl groups is 1. The third-order valence-corrected chi connectivity index (χ3v) is 7.04. The minimum atomic E-state index is -0.730. The molecular weight excluding hydrogens is 316 g/mol. The summed E-state index contributed by atoms with van der Waals surface area (Å²) in [5, 5.41) is 20.5. The van der Waals surface area contributed by atoms with Crippen molar-refractivity contribution < 1.29 is 19.7 Å². The molecule has 1 aromatic carbocycles. The molecule has 0 spiro atoms. The van der Waals surface area contributed by atoms with Crippen LogP contribution in [0.5, 0.6) is 11.5 Å². The minimum absolute atomic E-state index is 0.00520. The number of aryl methyl sites for hydroxylation is 1. The smallest absolute Gasteiger partial charge is 0.389 e. The first-order chi connectivity index (χ1) is 11.9. The normalized spacial score (nSPS) is 35.9. The number of hydrogen-bond donors (Lipinski definition) is 2. The molecule has 4 nitrogen and oxygen atoms in total. The Bertz CT molecular complexity index is 762. The third kappa shape index (κ3) is 2.45. The zero-order chi connectivity index (χ0) is 17.8. The summed E-state index contributed by atoms with van der Waals surface area (Å²) in [4.78, 5) is 11.6. The van der Waals surface area contributed by atoms with Gasteiger partial charge in [-0.1, -0.05) is 6.92 Å². The Hall–Kier alpha value is -1.99. The number of phenols is 1. The molecule has 0 bridgehead atoms. The molecule has 0 amide bonds. The van der Waals surface area contributed by atoms with Gasteiger partial charge in [-0.05, 0) is 73.3 Å². The number of esters is 1. The first-order valence-corrected chi connectivity index (χ1v) is 9.16. The molecule has 132 valence electrons. The van der Waals surface area contributed by atoms with Crippen LogP contribution in [0.15, 0.2) is 12.1 Å². The van der Waals surface area contributed by atoms with Crippen molar-refractivity contribution in [1.82, 2.24) is 0 Å². The monoisotopic (exact) mass is 340 g/mol. The van der Waals surface area contributed by atoms with Gasteiger partial charge in [0.05, 0.1) is 6.10 Å². The molecule has 2 saturated carbocycles. The number of aliphatic hydroxyl groups excluding tert-OH is 1. The number of benzene rings is 1. The van der Waals surface area contributed by atoms with E-state index in [0.717, 1.165) is 49.7 Å². The van der Waals surface area contributed by atoms with Crippen molar-refractivity contribution in [2.75, 3.05) is 0 Å². The molecule has 0 saturated heterocycles. The molecule has 25 heavy (non-hydrogen) atoms. The van der Waals surface area contributed by atoms with Crippen LogP contribution >= 0.6 is 0 Å². The molecule has 4 heteroatoms. The Morgan fingerprint density at radius 2 is 2.12 bits per heavy atom. The minimum Gasteiger partial charge on any atom is -0.508 e. The second-order valence-corrected chi connectivity index (χ2v) is 8.10. The van der Waals surface area contributed by atoms with E-state index in [2.05, 4.69) is 6.92 Å². The molecular formula is C21H24O4. The molecule has 2 fully saturated rings. The van der Waals surface area contributed by atoms with Crippen molar-refractivity contribution in [2.24, 2.45) is 17.3 Å². The van der Waals surface area contributed by atoms with E-state index in [1.165, 1.54) is 6.07 Å². The number of carbonyl (C=O) groups is 1. The summed E-state index contributed by atoms with van der Waals surface area (Å²) in [7, 11) is 0. The zero-order valence-electron chi connectivity index (χ0n) is 14.5. The van der Waals surface area contributed by atoms with E-state index < -0.39 is 5.97 Å². The van der Waals surface area contributed by atoms with Gasteiger partial charge < -0.3 is 14.9 Å². The Balaban J connectivity index is 1.75. The summed E-state index contributed by atoms with van der Waals surface area (Å²) in [6.45, 7) is 2.23. The van der Waals surface area contributed by atoms with Gasteiger partial charge in [-0.2, -0.15) is 0 Å². The van der Waals surface area contributed by atoms with Crippen molar-refractivity contribution in [3.8, 4) is 23.8 Å². The number of hydrogen-bond acceptors (Lipinski definition) is 4. The van der Waals surface area contributed by atoms with Crippen LogP contribution in [-0.2, 0) is 11.2 Å². The van der Waals surface area contributed by atoms with Crippen LogP contribution in [0.1, 0.15) is 56.1 Å². The number of ether oxygens (including phenoxy) is 1. The van der Waals surface area contributed by atoms with Gasteiger partial charge in [-0.3, -0.25) is 0 Å². The maximum Gasteiger partial charge on any atom is 0.389 e. The second kappa shape index (κ2) is 5.78. The van der Waals surface area contributed by atoms with Crippen LogP contribution in [0.25, 0.3) is 0 Å². The fourth-order valence-corrected chi connectivity index (χ4v) is 5.85. The van der Waals surface area contributed by atoms with Crippen LogP contribution in [0.3, 0.4) is 0 Å². The highest BCUT2D eigenvalue weighted by Crippen LogP contribution is 2.62. The topological polar surface area (TPSA) is 66.8 Å².